The lowest BCUT2D eigenvalue weighted by Crippen LogP contribution is -1.98. The maximum absolute atomic E-state index is 5.14. The van der Waals surface area contributed by atoms with Crippen LogP contribution in [0.1, 0.15) is 0 Å². The minimum Gasteiger partial charge on any atom is -0.309 e. The molecule has 0 aliphatic carbocycles. The second kappa shape index (κ2) is 12.9. The third-order valence-electron chi connectivity index (χ3n) is 11.7. The van der Waals surface area contributed by atoms with Crippen molar-refractivity contribution in [1.82, 2.24) is 19.1 Å². The van der Waals surface area contributed by atoms with Crippen LogP contribution < -0.4 is 0 Å². The lowest BCUT2D eigenvalue weighted by molar-refractivity contribution is 1.18. The molecule has 0 unspecified atom stereocenters. The van der Waals surface area contributed by atoms with Gasteiger partial charge in [-0.1, -0.05) is 158 Å². The minimum atomic E-state index is 0.702. The summed E-state index contributed by atoms with van der Waals surface area (Å²) < 4.78 is 4.92. The molecule has 0 amide bonds. The van der Waals surface area contributed by atoms with Crippen molar-refractivity contribution < 1.29 is 0 Å². The lowest BCUT2D eigenvalue weighted by Gasteiger charge is -2.14. The Morgan fingerprint density at radius 3 is 1.71 bits per heavy atom. The van der Waals surface area contributed by atoms with Crippen molar-refractivity contribution in [3.8, 4) is 45.3 Å². The highest BCUT2D eigenvalue weighted by Gasteiger charge is 2.22. The molecule has 0 radical (unpaired) electrons. The van der Waals surface area contributed by atoms with Crippen LogP contribution in [-0.4, -0.2) is 19.1 Å². The van der Waals surface area contributed by atoms with Crippen LogP contribution in [0, 0.1) is 0 Å². The molecule has 0 fully saturated rings. The molecule has 0 saturated carbocycles. The molecule has 0 aliphatic rings. The second-order valence-corrected chi connectivity index (χ2v) is 15.0. The van der Waals surface area contributed by atoms with E-state index in [1.54, 1.807) is 0 Å². The fraction of sp³-hybridized carbons (Fsp3) is 0. The largest absolute Gasteiger partial charge is 0.309 e. The molecule has 12 rings (SSSR count). The average Bonchev–Trinajstić information content (AvgIpc) is 3.82. The van der Waals surface area contributed by atoms with Gasteiger partial charge in [0.05, 0.1) is 39.1 Å². The predicted molar refractivity (Wildman–Crippen MR) is 242 cm³/mol. The van der Waals surface area contributed by atoms with Crippen molar-refractivity contribution in [2.45, 2.75) is 0 Å². The van der Waals surface area contributed by atoms with E-state index in [2.05, 4.69) is 203 Å². The highest BCUT2D eigenvalue weighted by atomic mass is 15.0. The maximum atomic E-state index is 5.14. The summed E-state index contributed by atoms with van der Waals surface area (Å²) in [4.78, 5) is 10.3. The molecule has 3 heterocycles. The van der Waals surface area contributed by atoms with Gasteiger partial charge in [0.25, 0.3) is 0 Å². The zero-order valence-electron chi connectivity index (χ0n) is 31.4. The van der Waals surface area contributed by atoms with E-state index >= 15 is 0 Å². The normalized spacial score (nSPS) is 11.8. The van der Waals surface area contributed by atoms with Gasteiger partial charge in [0, 0.05) is 49.3 Å². The maximum Gasteiger partial charge on any atom is 0.160 e. The van der Waals surface area contributed by atoms with Gasteiger partial charge >= 0.3 is 0 Å². The van der Waals surface area contributed by atoms with E-state index in [4.69, 9.17) is 9.97 Å². The van der Waals surface area contributed by atoms with Crippen molar-refractivity contribution in [1.29, 1.82) is 0 Å². The number of aromatic nitrogens is 4. The summed E-state index contributed by atoms with van der Waals surface area (Å²) in [5, 5.41) is 9.70. The van der Waals surface area contributed by atoms with E-state index in [1.165, 1.54) is 54.4 Å². The third kappa shape index (κ3) is 5.02. The molecule has 3 aromatic heterocycles. The molecule has 9 aromatic carbocycles. The van der Waals surface area contributed by atoms with Crippen LogP contribution >= 0.6 is 0 Å². The number of hydrogen-bond acceptors (Lipinski definition) is 2. The van der Waals surface area contributed by atoms with Gasteiger partial charge in [0.15, 0.2) is 5.82 Å². The fourth-order valence-electron chi connectivity index (χ4n) is 9.04. The molecular weight excluding hydrogens is 705 g/mol. The zero-order chi connectivity index (χ0) is 38.2. The topological polar surface area (TPSA) is 35.6 Å². The van der Waals surface area contributed by atoms with Gasteiger partial charge in [-0.2, -0.15) is 0 Å². The quantitative estimate of drug-likeness (QED) is 0.176. The van der Waals surface area contributed by atoms with Gasteiger partial charge in [0.2, 0.25) is 0 Å². The monoisotopic (exact) mass is 738 g/mol. The van der Waals surface area contributed by atoms with Crippen molar-refractivity contribution in [3.05, 3.63) is 206 Å². The van der Waals surface area contributed by atoms with Gasteiger partial charge in [-0.15, -0.1) is 0 Å². The van der Waals surface area contributed by atoms with Crippen molar-refractivity contribution in [2.24, 2.45) is 0 Å². The summed E-state index contributed by atoms with van der Waals surface area (Å²) >= 11 is 0. The Balaban J connectivity index is 1.09. The first-order chi connectivity index (χ1) is 28.8. The van der Waals surface area contributed by atoms with Gasteiger partial charge in [-0.25, -0.2) is 9.97 Å². The Morgan fingerprint density at radius 1 is 0.328 bits per heavy atom. The average molecular weight is 739 g/mol. The number of rotatable bonds is 5. The first-order valence-electron chi connectivity index (χ1n) is 19.7. The van der Waals surface area contributed by atoms with E-state index in [1.807, 2.05) is 12.1 Å². The first-order valence-corrected chi connectivity index (χ1v) is 19.7. The molecule has 58 heavy (non-hydrogen) atoms. The smallest absolute Gasteiger partial charge is 0.160 e. The Bertz CT molecular complexity index is 3500. The summed E-state index contributed by atoms with van der Waals surface area (Å²) in [5.74, 6) is 0.702. The van der Waals surface area contributed by atoms with E-state index < -0.39 is 0 Å². The molecule has 12 aromatic rings. The summed E-state index contributed by atoms with van der Waals surface area (Å²) in [6.45, 7) is 0. The van der Waals surface area contributed by atoms with Crippen LogP contribution in [0.3, 0.4) is 0 Å². The summed E-state index contributed by atoms with van der Waals surface area (Å²) in [6.07, 6.45) is 0. The van der Waals surface area contributed by atoms with Crippen LogP contribution in [0.15, 0.2) is 206 Å². The van der Waals surface area contributed by atoms with Gasteiger partial charge in [-0.05, 0) is 64.7 Å². The zero-order valence-corrected chi connectivity index (χ0v) is 31.4. The van der Waals surface area contributed by atoms with Crippen LogP contribution in [0.2, 0.25) is 0 Å². The number of fused-ring (bicyclic) bond motifs is 9. The summed E-state index contributed by atoms with van der Waals surface area (Å²) in [7, 11) is 0. The molecule has 270 valence electrons. The van der Waals surface area contributed by atoms with Gasteiger partial charge < -0.3 is 9.13 Å². The standard InChI is InChI=1S/C54H34N4/c1-3-15-36(16-4-1)46-34-47(37-17-5-2-6-18-37)56-54(55-46)40-27-29-42-39(32-40)20-13-25-48(42)58-50-24-12-10-22-45(50)52-51(58)31-30-44-43-21-9-11-23-49(43)57(53(44)52)41-28-26-35-14-7-8-19-38(35)33-41/h1-34H. The van der Waals surface area contributed by atoms with E-state index in [0.717, 1.165) is 50.2 Å². The lowest BCUT2D eigenvalue weighted by atomic mass is 10.0. The summed E-state index contributed by atoms with van der Waals surface area (Å²) in [5.41, 5.74) is 11.9. The molecular formula is C54H34N4. The molecule has 0 aliphatic heterocycles. The Kier molecular flexibility index (Phi) is 7.20. The first kappa shape index (κ1) is 32.4. The minimum absolute atomic E-state index is 0.702. The fourth-order valence-corrected chi connectivity index (χ4v) is 9.04. The van der Waals surface area contributed by atoms with E-state index in [-0.39, 0.29) is 0 Å². The highest BCUT2D eigenvalue weighted by molar-refractivity contribution is 6.26. The highest BCUT2D eigenvalue weighted by Crippen LogP contribution is 2.43. The number of nitrogens with zero attached hydrogens (tertiary/aromatic N) is 4. The molecule has 0 bridgehead atoms. The number of para-hydroxylation sites is 2. The number of benzene rings is 9. The van der Waals surface area contributed by atoms with Crippen LogP contribution in [-0.2, 0) is 0 Å². The van der Waals surface area contributed by atoms with Crippen molar-refractivity contribution in [2.75, 3.05) is 0 Å². The van der Waals surface area contributed by atoms with Crippen molar-refractivity contribution >= 4 is 65.2 Å². The second-order valence-electron chi connectivity index (χ2n) is 15.0. The molecule has 0 atom stereocenters. The Hall–Kier alpha value is -7.82. The van der Waals surface area contributed by atoms with Crippen LogP contribution in [0.4, 0.5) is 0 Å². The molecule has 0 spiro atoms. The van der Waals surface area contributed by atoms with E-state index in [9.17, 15) is 0 Å². The van der Waals surface area contributed by atoms with Gasteiger partial charge in [0.1, 0.15) is 0 Å². The molecule has 4 heteroatoms. The Labute approximate surface area is 334 Å². The SMILES string of the molecule is c1ccc(-c2cc(-c3ccccc3)nc(-c3ccc4c(-n5c6ccccc6c6c5ccc5c7ccccc7n(-c7ccc8ccccc8c7)c56)cccc4c3)n2)cc1. The predicted octanol–water partition coefficient (Wildman–Crippen LogP) is 14.0. The molecule has 0 N–H and O–H groups in total. The molecule has 0 saturated heterocycles. The van der Waals surface area contributed by atoms with E-state index in [0.29, 0.717) is 5.82 Å². The van der Waals surface area contributed by atoms with Gasteiger partial charge in [-0.3, -0.25) is 0 Å². The number of hydrogen-bond donors (Lipinski definition) is 0. The van der Waals surface area contributed by atoms with Crippen molar-refractivity contribution in [3.63, 3.8) is 0 Å². The molecule has 4 nitrogen and oxygen atoms in total. The van der Waals surface area contributed by atoms with Crippen LogP contribution in [0.5, 0.6) is 0 Å². The summed E-state index contributed by atoms with van der Waals surface area (Å²) in [6, 6.07) is 73.8. The Morgan fingerprint density at radius 2 is 0.948 bits per heavy atom. The third-order valence-corrected chi connectivity index (χ3v) is 11.7. The van der Waals surface area contributed by atoms with Crippen LogP contribution in [0.25, 0.3) is 110 Å².